The summed E-state index contributed by atoms with van der Waals surface area (Å²) in [5.74, 6) is 5.35. The third-order valence-corrected chi connectivity index (χ3v) is 10.1. The molecule has 0 N–H and O–H groups in total. The highest BCUT2D eigenvalue weighted by Gasteiger charge is 2.62. The van der Waals surface area contributed by atoms with Gasteiger partial charge < -0.3 is 4.74 Å². The Kier molecular flexibility index (Phi) is 3.29. The van der Waals surface area contributed by atoms with Crippen LogP contribution in [-0.2, 0) is 14.5 Å². The SMILES string of the molecule is C=C(C1COC2(OO1)C1CC3CC(C1)CC2C3)C12CC3CC(CC(C3)C1)C2. The second-order valence-corrected chi connectivity index (χ2v) is 11.7. The summed E-state index contributed by atoms with van der Waals surface area (Å²) in [5.41, 5.74) is 1.63. The van der Waals surface area contributed by atoms with Crippen molar-refractivity contribution in [1.82, 2.24) is 0 Å². The lowest BCUT2D eigenvalue weighted by molar-refractivity contribution is -0.521. The summed E-state index contributed by atoms with van der Waals surface area (Å²) in [5, 5.41) is 0. The molecule has 148 valence electrons. The highest BCUT2D eigenvalue weighted by Crippen LogP contribution is 2.64. The molecule has 9 aliphatic rings. The first kappa shape index (κ1) is 16.4. The van der Waals surface area contributed by atoms with Crippen molar-refractivity contribution in [3.8, 4) is 0 Å². The van der Waals surface area contributed by atoms with Crippen molar-refractivity contribution in [2.24, 2.45) is 46.8 Å². The minimum absolute atomic E-state index is 0.0518. The van der Waals surface area contributed by atoms with Gasteiger partial charge >= 0.3 is 0 Å². The molecule has 0 amide bonds. The van der Waals surface area contributed by atoms with Crippen LogP contribution in [0.1, 0.15) is 70.6 Å². The lowest BCUT2D eigenvalue weighted by atomic mass is 9.47. The molecule has 9 rings (SSSR count). The van der Waals surface area contributed by atoms with E-state index in [4.69, 9.17) is 14.5 Å². The zero-order chi connectivity index (χ0) is 17.8. The van der Waals surface area contributed by atoms with Gasteiger partial charge in [0.2, 0.25) is 5.79 Å². The molecule has 1 saturated heterocycles. The summed E-state index contributed by atoms with van der Waals surface area (Å²) < 4.78 is 6.63. The second-order valence-electron chi connectivity index (χ2n) is 11.7. The molecular formula is C24H34O3. The maximum Gasteiger partial charge on any atom is 0.207 e. The van der Waals surface area contributed by atoms with Gasteiger partial charge in [-0.1, -0.05) is 6.58 Å². The van der Waals surface area contributed by atoms with Crippen LogP contribution in [0.3, 0.4) is 0 Å². The zero-order valence-electron chi connectivity index (χ0n) is 16.5. The fourth-order valence-corrected chi connectivity index (χ4v) is 9.61. The average Bonchev–Trinajstić information content (AvgIpc) is 2.64. The van der Waals surface area contributed by atoms with E-state index >= 15 is 0 Å². The van der Waals surface area contributed by atoms with Crippen molar-refractivity contribution < 1.29 is 14.5 Å². The molecule has 1 unspecified atom stereocenters. The molecule has 3 heteroatoms. The first-order valence-electron chi connectivity index (χ1n) is 11.8. The molecule has 1 aliphatic heterocycles. The van der Waals surface area contributed by atoms with Crippen LogP contribution >= 0.6 is 0 Å². The maximum absolute atomic E-state index is 6.63. The highest BCUT2D eigenvalue weighted by molar-refractivity contribution is 5.22. The third kappa shape index (κ3) is 2.20. The van der Waals surface area contributed by atoms with E-state index in [0.717, 1.165) is 29.6 Å². The van der Waals surface area contributed by atoms with Crippen LogP contribution in [0.4, 0.5) is 0 Å². The fraction of sp³-hybridized carbons (Fsp3) is 0.917. The first-order valence-corrected chi connectivity index (χ1v) is 11.8. The summed E-state index contributed by atoms with van der Waals surface area (Å²) in [6.45, 7) is 5.28. The van der Waals surface area contributed by atoms with E-state index in [1.165, 1.54) is 76.2 Å². The normalized spacial score (nSPS) is 60.3. The fourth-order valence-electron chi connectivity index (χ4n) is 9.61. The van der Waals surface area contributed by atoms with Crippen LogP contribution in [0, 0.1) is 46.8 Å². The Labute approximate surface area is 163 Å². The number of rotatable bonds is 2. The molecule has 8 aliphatic carbocycles. The molecule has 0 aromatic heterocycles. The lowest BCUT2D eigenvalue weighted by Crippen LogP contribution is -2.63. The van der Waals surface area contributed by atoms with Crippen molar-refractivity contribution in [3.63, 3.8) is 0 Å². The van der Waals surface area contributed by atoms with Crippen molar-refractivity contribution in [1.29, 1.82) is 0 Å². The van der Waals surface area contributed by atoms with Crippen molar-refractivity contribution in [2.75, 3.05) is 6.61 Å². The van der Waals surface area contributed by atoms with E-state index in [1.54, 1.807) is 0 Å². The number of hydrogen-bond acceptors (Lipinski definition) is 3. The quantitative estimate of drug-likeness (QED) is 0.490. The van der Waals surface area contributed by atoms with Gasteiger partial charge in [-0.2, -0.15) is 4.89 Å². The van der Waals surface area contributed by atoms with Gasteiger partial charge in [0.05, 0.1) is 6.61 Å². The lowest BCUT2D eigenvalue weighted by Gasteiger charge is -2.61. The molecule has 3 nitrogen and oxygen atoms in total. The zero-order valence-corrected chi connectivity index (χ0v) is 16.5. The predicted octanol–water partition coefficient (Wildman–Crippen LogP) is 5.26. The molecule has 27 heavy (non-hydrogen) atoms. The molecule has 0 radical (unpaired) electrons. The molecule has 1 spiro atoms. The standard InChI is InChI=1S/C24H34O3/c1-14(23-10-17-3-18(11-23)5-19(4-17)12-23)22-13-25-24(27-26-22)20-6-15-2-16(8-20)9-21(24)7-15/h15-22H,1-13H2. The van der Waals surface area contributed by atoms with E-state index in [-0.39, 0.29) is 6.10 Å². The molecule has 1 heterocycles. The number of ether oxygens (including phenoxy) is 1. The molecule has 1 atom stereocenters. The second kappa shape index (κ2) is 5.40. The smallest absolute Gasteiger partial charge is 0.207 e. The van der Waals surface area contributed by atoms with Crippen molar-refractivity contribution >= 4 is 0 Å². The van der Waals surface area contributed by atoms with E-state index in [0.29, 0.717) is 23.9 Å². The average molecular weight is 371 g/mol. The first-order chi connectivity index (χ1) is 13.1. The summed E-state index contributed by atoms with van der Waals surface area (Å²) in [4.78, 5) is 12.4. The predicted molar refractivity (Wildman–Crippen MR) is 101 cm³/mol. The van der Waals surface area contributed by atoms with E-state index < -0.39 is 5.79 Å². The van der Waals surface area contributed by atoms with Crippen molar-refractivity contribution in [2.45, 2.75) is 82.5 Å². The third-order valence-electron chi connectivity index (χ3n) is 10.1. The van der Waals surface area contributed by atoms with Crippen LogP contribution in [0.25, 0.3) is 0 Å². The molecule has 8 bridgehead atoms. The molecule has 0 aromatic carbocycles. The number of hydrogen-bond donors (Lipinski definition) is 0. The van der Waals surface area contributed by atoms with Gasteiger partial charge in [-0.3, -0.25) is 0 Å². The van der Waals surface area contributed by atoms with E-state index in [9.17, 15) is 0 Å². The van der Waals surface area contributed by atoms with E-state index in [1.807, 2.05) is 0 Å². The van der Waals surface area contributed by atoms with E-state index in [2.05, 4.69) is 6.58 Å². The van der Waals surface area contributed by atoms with Crippen LogP contribution in [0.15, 0.2) is 12.2 Å². The van der Waals surface area contributed by atoms with Crippen LogP contribution < -0.4 is 0 Å². The Bertz CT molecular complexity index is 593. The minimum Gasteiger partial charge on any atom is -0.344 e. The largest absolute Gasteiger partial charge is 0.344 e. The van der Waals surface area contributed by atoms with Gasteiger partial charge in [-0.25, -0.2) is 4.89 Å². The molecular weight excluding hydrogens is 336 g/mol. The van der Waals surface area contributed by atoms with Crippen LogP contribution in [0.2, 0.25) is 0 Å². The topological polar surface area (TPSA) is 27.7 Å². The summed E-state index contributed by atoms with van der Waals surface area (Å²) in [6.07, 6.45) is 15.0. The summed E-state index contributed by atoms with van der Waals surface area (Å²) in [7, 11) is 0. The molecule has 0 aromatic rings. The van der Waals surface area contributed by atoms with Crippen molar-refractivity contribution in [3.05, 3.63) is 12.2 Å². The molecule has 8 saturated carbocycles. The van der Waals surface area contributed by atoms with Crippen LogP contribution in [0.5, 0.6) is 0 Å². The van der Waals surface area contributed by atoms with Gasteiger partial charge in [0.1, 0.15) is 6.10 Å². The minimum atomic E-state index is -0.425. The summed E-state index contributed by atoms with van der Waals surface area (Å²) in [6, 6.07) is 0. The van der Waals surface area contributed by atoms with Gasteiger partial charge in [-0.15, -0.1) is 0 Å². The highest BCUT2D eigenvalue weighted by atomic mass is 17.2. The van der Waals surface area contributed by atoms with Gasteiger partial charge in [0.25, 0.3) is 0 Å². The van der Waals surface area contributed by atoms with Gasteiger partial charge in [0.15, 0.2) is 0 Å². The Morgan fingerprint density at radius 1 is 0.704 bits per heavy atom. The molecule has 9 fully saturated rings. The Hall–Kier alpha value is -0.380. The maximum atomic E-state index is 6.63. The van der Waals surface area contributed by atoms with Gasteiger partial charge in [-0.05, 0) is 111 Å². The van der Waals surface area contributed by atoms with Gasteiger partial charge in [0, 0.05) is 11.8 Å². The van der Waals surface area contributed by atoms with Crippen LogP contribution in [-0.4, -0.2) is 18.5 Å². The monoisotopic (exact) mass is 370 g/mol. The Morgan fingerprint density at radius 2 is 1.22 bits per heavy atom. The Morgan fingerprint density at radius 3 is 1.70 bits per heavy atom. The summed E-state index contributed by atoms with van der Waals surface area (Å²) >= 11 is 0. The Balaban J connectivity index is 1.10.